The highest BCUT2D eigenvalue weighted by Gasteiger charge is 2.03. The molecule has 0 aromatic rings. The maximum atomic E-state index is 4.14. The quantitative estimate of drug-likeness (QED) is 0.618. The minimum Gasteiger partial charge on any atom is -0.361 e. The summed E-state index contributed by atoms with van der Waals surface area (Å²) >= 11 is 1.75. The van der Waals surface area contributed by atoms with Crippen LogP contribution in [0.4, 0.5) is 0 Å². The van der Waals surface area contributed by atoms with Gasteiger partial charge in [-0.2, -0.15) is 0 Å². The average Bonchev–Trinajstić information content (AvgIpc) is 2.16. The van der Waals surface area contributed by atoms with Crippen LogP contribution in [0.15, 0.2) is 29.3 Å². The average molecular weight is 182 g/mol. The zero-order chi connectivity index (χ0) is 8.81. The van der Waals surface area contributed by atoms with Crippen LogP contribution in [0.2, 0.25) is 0 Å². The third kappa shape index (κ3) is 3.13. The molecule has 1 unspecified atom stereocenters. The first-order valence-corrected chi connectivity index (χ1v) is 4.91. The van der Waals surface area contributed by atoms with Crippen LogP contribution >= 0.6 is 11.8 Å². The molecule has 0 fully saturated rings. The molecule has 1 N–H and O–H groups in total. The van der Waals surface area contributed by atoms with Gasteiger partial charge >= 0.3 is 0 Å². The minimum atomic E-state index is 0.485. The molecule has 0 radical (unpaired) electrons. The Bertz CT molecular complexity index is 219. The number of hydrogen-bond donors (Lipinski definition) is 1. The highest BCUT2D eigenvalue weighted by Crippen LogP contribution is 2.13. The van der Waals surface area contributed by atoms with E-state index in [2.05, 4.69) is 41.5 Å². The van der Waals surface area contributed by atoms with E-state index in [-0.39, 0.29) is 0 Å². The van der Waals surface area contributed by atoms with Crippen molar-refractivity contribution in [3.05, 3.63) is 24.3 Å². The van der Waals surface area contributed by atoms with E-state index in [1.807, 2.05) is 7.05 Å². The molecular weight excluding hydrogens is 168 g/mol. The maximum Gasteiger partial charge on any atom is 0.157 e. The zero-order valence-electron chi connectivity index (χ0n) is 7.45. The molecule has 12 heavy (non-hydrogen) atoms. The van der Waals surface area contributed by atoms with Gasteiger partial charge in [0.2, 0.25) is 0 Å². The summed E-state index contributed by atoms with van der Waals surface area (Å²) in [5.41, 5.74) is 0. The molecule has 1 heterocycles. The van der Waals surface area contributed by atoms with Crippen molar-refractivity contribution in [3.8, 4) is 0 Å². The highest BCUT2D eigenvalue weighted by atomic mass is 32.2. The molecule has 1 aliphatic heterocycles. The Hall–Kier alpha value is -0.700. The van der Waals surface area contributed by atoms with Crippen LogP contribution in [0, 0.1) is 0 Å². The summed E-state index contributed by atoms with van der Waals surface area (Å²) in [5, 5.41) is 4.73. The molecule has 0 saturated carbocycles. The van der Waals surface area contributed by atoms with E-state index >= 15 is 0 Å². The van der Waals surface area contributed by atoms with Gasteiger partial charge in [-0.1, -0.05) is 36.1 Å². The van der Waals surface area contributed by atoms with E-state index in [1.54, 1.807) is 11.8 Å². The number of amidine groups is 1. The van der Waals surface area contributed by atoms with Crippen LogP contribution in [0.3, 0.4) is 0 Å². The lowest BCUT2D eigenvalue weighted by atomic mass is 10.4. The third-order valence-corrected chi connectivity index (χ3v) is 2.58. The second kappa shape index (κ2) is 5.04. The Morgan fingerprint density at radius 2 is 2.42 bits per heavy atom. The van der Waals surface area contributed by atoms with Crippen LogP contribution in [0.25, 0.3) is 0 Å². The molecule has 0 aromatic heterocycles. The fourth-order valence-electron chi connectivity index (χ4n) is 0.902. The number of nitrogens with zero attached hydrogens (tertiary/aromatic N) is 1. The number of aliphatic imine (C=N–C) groups is 1. The van der Waals surface area contributed by atoms with Crippen molar-refractivity contribution in [3.63, 3.8) is 0 Å². The molecule has 0 aliphatic carbocycles. The van der Waals surface area contributed by atoms with E-state index < -0.39 is 0 Å². The fraction of sp³-hybridized carbons (Fsp3) is 0.444. The first-order valence-electron chi connectivity index (χ1n) is 4.03. The zero-order valence-corrected chi connectivity index (χ0v) is 8.27. The van der Waals surface area contributed by atoms with Crippen molar-refractivity contribution >= 4 is 16.9 Å². The normalized spacial score (nSPS) is 32.8. The summed E-state index contributed by atoms with van der Waals surface area (Å²) < 4.78 is 0. The molecule has 0 saturated heterocycles. The second-order valence-electron chi connectivity index (χ2n) is 2.55. The van der Waals surface area contributed by atoms with E-state index in [0.717, 1.165) is 11.7 Å². The highest BCUT2D eigenvalue weighted by molar-refractivity contribution is 8.14. The minimum absolute atomic E-state index is 0.485. The summed E-state index contributed by atoms with van der Waals surface area (Å²) in [6.07, 6.45) is 8.39. The molecule has 0 aromatic carbocycles. The summed E-state index contributed by atoms with van der Waals surface area (Å²) in [5.74, 6) is 0. The molecule has 0 spiro atoms. The number of rotatable bonds is 0. The number of thioether (sulfide) groups is 1. The monoisotopic (exact) mass is 182 g/mol. The lowest BCUT2D eigenvalue weighted by Crippen LogP contribution is -2.21. The van der Waals surface area contributed by atoms with Crippen molar-refractivity contribution in [2.24, 2.45) is 4.99 Å². The number of nitrogens with one attached hydrogen (secondary N) is 1. The SMILES string of the molecule is CN=C1NC/C=C\C=C/C(C)S1. The molecule has 0 amide bonds. The lowest BCUT2D eigenvalue weighted by Gasteiger charge is -2.08. The maximum absolute atomic E-state index is 4.14. The van der Waals surface area contributed by atoms with Gasteiger partial charge in [-0.3, -0.25) is 4.99 Å². The lowest BCUT2D eigenvalue weighted by molar-refractivity contribution is 1.05. The van der Waals surface area contributed by atoms with Crippen molar-refractivity contribution < 1.29 is 0 Å². The predicted octanol–water partition coefficient (Wildman–Crippen LogP) is 1.81. The smallest absolute Gasteiger partial charge is 0.157 e. The van der Waals surface area contributed by atoms with Gasteiger partial charge in [0.15, 0.2) is 5.17 Å². The van der Waals surface area contributed by atoms with E-state index in [0.29, 0.717) is 5.25 Å². The van der Waals surface area contributed by atoms with Crippen molar-refractivity contribution in [1.29, 1.82) is 0 Å². The third-order valence-electron chi connectivity index (χ3n) is 1.50. The van der Waals surface area contributed by atoms with Crippen molar-refractivity contribution in [2.75, 3.05) is 13.6 Å². The Kier molecular flexibility index (Phi) is 3.94. The van der Waals surface area contributed by atoms with Gasteiger partial charge in [-0.05, 0) is 6.92 Å². The molecule has 0 bridgehead atoms. The van der Waals surface area contributed by atoms with Crippen molar-refractivity contribution in [2.45, 2.75) is 12.2 Å². The standard InChI is InChI=1S/C9H14N2S/c1-8-6-4-3-5-7-11-9(10-2)12-8/h3-6,8H,7H2,1-2H3,(H,10,11)/b5-3-,6-4-. The fourth-order valence-corrected chi connectivity index (χ4v) is 1.70. The van der Waals surface area contributed by atoms with Gasteiger partial charge < -0.3 is 5.32 Å². The molecule has 1 atom stereocenters. The summed E-state index contributed by atoms with van der Waals surface area (Å²) in [7, 11) is 1.81. The van der Waals surface area contributed by atoms with Gasteiger partial charge in [0.25, 0.3) is 0 Å². The Labute approximate surface area is 77.8 Å². The van der Waals surface area contributed by atoms with E-state index in [1.165, 1.54) is 0 Å². The number of hydrogen-bond acceptors (Lipinski definition) is 2. The van der Waals surface area contributed by atoms with Gasteiger partial charge in [0.05, 0.1) is 0 Å². The summed E-state index contributed by atoms with van der Waals surface area (Å²) in [6.45, 7) is 3.02. The molecule has 66 valence electrons. The number of allylic oxidation sites excluding steroid dienone is 2. The van der Waals surface area contributed by atoms with Crippen LogP contribution in [-0.4, -0.2) is 24.0 Å². The van der Waals surface area contributed by atoms with Crippen LogP contribution in [0.5, 0.6) is 0 Å². The van der Waals surface area contributed by atoms with Crippen LogP contribution in [-0.2, 0) is 0 Å². The topological polar surface area (TPSA) is 24.4 Å². The molecule has 1 aliphatic rings. The van der Waals surface area contributed by atoms with Crippen molar-refractivity contribution in [1.82, 2.24) is 5.32 Å². The predicted molar refractivity (Wildman–Crippen MR) is 56.7 cm³/mol. The van der Waals surface area contributed by atoms with Gasteiger partial charge in [0, 0.05) is 18.8 Å². The molecule has 1 rings (SSSR count). The van der Waals surface area contributed by atoms with Crippen LogP contribution in [0.1, 0.15) is 6.92 Å². The van der Waals surface area contributed by atoms with Gasteiger partial charge in [0.1, 0.15) is 0 Å². The van der Waals surface area contributed by atoms with E-state index in [9.17, 15) is 0 Å². The first-order chi connectivity index (χ1) is 5.83. The molecule has 2 nitrogen and oxygen atoms in total. The first kappa shape index (κ1) is 9.39. The second-order valence-corrected chi connectivity index (χ2v) is 3.91. The Morgan fingerprint density at radius 1 is 1.58 bits per heavy atom. The van der Waals surface area contributed by atoms with E-state index in [4.69, 9.17) is 0 Å². The van der Waals surface area contributed by atoms with Gasteiger partial charge in [-0.25, -0.2) is 0 Å². The molecular formula is C9H14N2S. The summed E-state index contributed by atoms with van der Waals surface area (Å²) in [6, 6.07) is 0. The van der Waals surface area contributed by atoms with Crippen LogP contribution < -0.4 is 5.32 Å². The van der Waals surface area contributed by atoms with Gasteiger partial charge in [-0.15, -0.1) is 0 Å². The Balaban J connectivity index is 2.63. The summed E-state index contributed by atoms with van der Waals surface area (Å²) in [4.78, 5) is 4.14. The Morgan fingerprint density at radius 3 is 3.17 bits per heavy atom. The largest absolute Gasteiger partial charge is 0.361 e. The molecule has 3 heteroatoms.